The van der Waals surface area contributed by atoms with E-state index in [0.717, 1.165) is 26.2 Å². The van der Waals surface area contributed by atoms with E-state index >= 15 is 0 Å². The fraction of sp³-hybridized carbons (Fsp3) is 0.727. The summed E-state index contributed by atoms with van der Waals surface area (Å²) in [4.78, 5) is 2.53. The van der Waals surface area contributed by atoms with Crippen molar-refractivity contribution in [1.29, 1.82) is 0 Å². The van der Waals surface area contributed by atoms with E-state index in [2.05, 4.69) is 29.2 Å². The molecule has 1 aromatic heterocycles. The van der Waals surface area contributed by atoms with E-state index in [0.29, 0.717) is 12.1 Å². The van der Waals surface area contributed by atoms with Crippen LogP contribution < -0.4 is 5.32 Å². The molecule has 1 fully saturated rings. The van der Waals surface area contributed by atoms with Crippen molar-refractivity contribution in [3.05, 3.63) is 18.5 Å². The SMILES string of the molecule is CC1CN(CCn2cccn2)C(C)CN1. The van der Waals surface area contributed by atoms with Gasteiger partial charge < -0.3 is 5.32 Å². The van der Waals surface area contributed by atoms with Gasteiger partial charge in [0, 0.05) is 44.1 Å². The third kappa shape index (κ3) is 2.79. The Morgan fingerprint density at radius 1 is 1.40 bits per heavy atom. The van der Waals surface area contributed by atoms with Gasteiger partial charge in [0.2, 0.25) is 0 Å². The van der Waals surface area contributed by atoms with Crippen molar-refractivity contribution in [2.45, 2.75) is 32.5 Å². The van der Waals surface area contributed by atoms with Crippen molar-refractivity contribution in [3.63, 3.8) is 0 Å². The molecule has 1 aliphatic rings. The molecule has 4 heteroatoms. The van der Waals surface area contributed by atoms with E-state index in [1.165, 1.54) is 0 Å². The predicted octanol–water partition coefficient (Wildman–Crippen LogP) is 0.565. The summed E-state index contributed by atoms with van der Waals surface area (Å²) in [6.45, 7) is 8.84. The molecule has 2 rings (SSSR count). The van der Waals surface area contributed by atoms with Gasteiger partial charge in [-0.05, 0) is 19.9 Å². The molecule has 0 aliphatic carbocycles. The van der Waals surface area contributed by atoms with Gasteiger partial charge in [0.25, 0.3) is 0 Å². The van der Waals surface area contributed by atoms with E-state index in [1.807, 2.05) is 23.1 Å². The van der Waals surface area contributed by atoms with Crippen LogP contribution in [0.5, 0.6) is 0 Å². The molecule has 2 atom stereocenters. The van der Waals surface area contributed by atoms with Crippen molar-refractivity contribution in [1.82, 2.24) is 20.0 Å². The lowest BCUT2D eigenvalue weighted by atomic mass is 10.1. The van der Waals surface area contributed by atoms with Crippen molar-refractivity contribution in [2.24, 2.45) is 0 Å². The van der Waals surface area contributed by atoms with Crippen LogP contribution in [-0.4, -0.2) is 46.4 Å². The first-order valence-corrected chi connectivity index (χ1v) is 5.70. The summed E-state index contributed by atoms with van der Waals surface area (Å²) < 4.78 is 2.00. The highest BCUT2D eigenvalue weighted by Gasteiger charge is 2.21. The number of hydrogen-bond acceptors (Lipinski definition) is 3. The summed E-state index contributed by atoms with van der Waals surface area (Å²) in [6.07, 6.45) is 3.86. The van der Waals surface area contributed by atoms with Gasteiger partial charge in [-0.3, -0.25) is 9.58 Å². The quantitative estimate of drug-likeness (QED) is 0.788. The Labute approximate surface area is 91.3 Å². The van der Waals surface area contributed by atoms with Crippen LogP contribution in [-0.2, 0) is 6.54 Å². The molecule has 0 saturated carbocycles. The third-order valence-electron chi connectivity index (χ3n) is 3.07. The first-order valence-electron chi connectivity index (χ1n) is 5.70. The molecule has 1 aliphatic heterocycles. The van der Waals surface area contributed by atoms with E-state index in [9.17, 15) is 0 Å². The standard InChI is InChI=1S/C11H20N4/c1-10-9-14(11(2)8-12-10)6-7-15-5-3-4-13-15/h3-5,10-12H,6-9H2,1-2H3. The number of nitrogens with one attached hydrogen (secondary N) is 1. The van der Waals surface area contributed by atoms with E-state index in [1.54, 1.807) is 0 Å². The molecule has 0 bridgehead atoms. The Bertz CT molecular complexity index is 283. The zero-order chi connectivity index (χ0) is 10.7. The number of aromatic nitrogens is 2. The summed E-state index contributed by atoms with van der Waals surface area (Å²) in [6, 6.07) is 3.22. The number of piperazine rings is 1. The Morgan fingerprint density at radius 2 is 2.27 bits per heavy atom. The highest BCUT2D eigenvalue weighted by Crippen LogP contribution is 2.06. The molecule has 0 aromatic carbocycles. The predicted molar refractivity (Wildman–Crippen MR) is 60.7 cm³/mol. The van der Waals surface area contributed by atoms with Crippen LogP contribution in [0.2, 0.25) is 0 Å². The zero-order valence-corrected chi connectivity index (χ0v) is 9.56. The highest BCUT2D eigenvalue weighted by atomic mass is 15.3. The zero-order valence-electron chi connectivity index (χ0n) is 9.56. The first kappa shape index (κ1) is 10.6. The maximum atomic E-state index is 4.22. The van der Waals surface area contributed by atoms with Crippen LogP contribution in [0.15, 0.2) is 18.5 Å². The topological polar surface area (TPSA) is 33.1 Å². The van der Waals surface area contributed by atoms with Crippen LogP contribution in [0.25, 0.3) is 0 Å². The molecular weight excluding hydrogens is 188 g/mol. The maximum absolute atomic E-state index is 4.22. The fourth-order valence-electron chi connectivity index (χ4n) is 2.07. The van der Waals surface area contributed by atoms with Crippen LogP contribution in [0, 0.1) is 0 Å². The van der Waals surface area contributed by atoms with Gasteiger partial charge in [0.1, 0.15) is 0 Å². The van der Waals surface area contributed by atoms with Crippen molar-refractivity contribution < 1.29 is 0 Å². The van der Waals surface area contributed by atoms with Crippen LogP contribution in [0.4, 0.5) is 0 Å². The van der Waals surface area contributed by atoms with E-state index in [4.69, 9.17) is 0 Å². The molecule has 1 N–H and O–H groups in total. The normalized spacial score (nSPS) is 28.1. The molecule has 0 spiro atoms. The summed E-state index contributed by atoms with van der Waals surface area (Å²) in [5, 5.41) is 7.71. The molecule has 1 aromatic rings. The van der Waals surface area contributed by atoms with Crippen LogP contribution in [0.3, 0.4) is 0 Å². The largest absolute Gasteiger partial charge is 0.311 e. The van der Waals surface area contributed by atoms with Crippen molar-refractivity contribution >= 4 is 0 Å². The van der Waals surface area contributed by atoms with E-state index in [-0.39, 0.29) is 0 Å². The Morgan fingerprint density at radius 3 is 3.00 bits per heavy atom. The van der Waals surface area contributed by atoms with Gasteiger partial charge in [-0.1, -0.05) is 0 Å². The average molecular weight is 208 g/mol. The van der Waals surface area contributed by atoms with Gasteiger partial charge in [-0.15, -0.1) is 0 Å². The second kappa shape index (κ2) is 4.77. The van der Waals surface area contributed by atoms with Crippen molar-refractivity contribution in [3.8, 4) is 0 Å². The minimum atomic E-state index is 0.610. The van der Waals surface area contributed by atoms with Gasteiger partial charge in [-0.25, -0.2) is 0 Å². The summed E-state index contributed by atoms with van der Waals surface area (Å²) in [7, 11) is 0. The maximum Gasteiger partial charge on any atom is 0.0536 e. The van der Waals surface area contributed by atoms with Gasteiger partial charge in [0.15, 0.2) is 0 Å². The Hall–Kier alpha value is -0.870. The monoisotopic (exact) mass is 208 g/mol. The molecule has 15 heavy (non-hydrogen) atoms. The smallest absolute Gasteiger partial charge is 0.0536 e. The molecule has 2 heterocycles. The minimum Gasteiger partial charge on any atom is -0.311 e. The number of rotatable bonds is 3. The van der Waals surface area contributed by atoms with Crippen LogP contribution in [0.1, 0.15) is 13.8 Å². The molecule has 84 valence electrons. The average Bonchev–Trinajstić information content (AvgIpc) is 2.72. The molecule has 1 saturated heterocycles. The first-order chi connectivity index (χ1) is 7.25. The minimum absolute atomic E-state index is 0.610. The second-order valence-electron chi connectivity index (χ2n) is 4.42. The summed E-state index contributed by atoms with van der Waals surface area (Å²) in [5.74, 6) is 0. The lowest BCUT2D eigenvalue weighted by molar-refractivity contribution is 0.140. The fourth-order valence-corrected chi connectivity index (χ4v) is 2.07. The molecule has 4 nitrogen and oxygen atoms in total. The molecule has 0 radical (unpaired) electrons. The summed E-state index contributed by atoms with van der Waals surface area (Å²) in [5.41, 5.74) is 0. The van der Waals surface area contributed by atoms with E-state index < -0.39 is 0 Å². The molecular formula is C11H20N4. The van der Waals surface area contributed by atoms with Crippen molar-refractivity contribution in [2.75, 3.05) is 19.6 Å². The Balaban J connectivity index is 1.82. The lowest BCUT2D eigenvalue weighted by Crippen LogP contribution is -2.54. The van der Waals surface area contributed by atoms with Crippen LogP contribution >= 0.6 is 0 Å². The molecule has 0 amide bonds. The molecule has 2 unspecified atom stereocenters. The Kier molecular flexibility index (Phi) is 3.38. The second-order valence-corrected chi connectivity index (χ2v) is 4.42. The lowest BCUT2D eigenvalue weighted by Gasteiger charge is -2.37. The van der Waals surface area contributed by atoms with Gasteiger partial charge in [0.05, 0.1) is 6.54 Å². The van der Waals surface area contributed by atoms with Gasteiger partial charge >= 0.3 is 0 Å². The number of hydrogen-bond donors (Lipinski definition) is 1. The van der Waals surface area contributed by atoms with Gasteiger partial charge in [-0.2, -0.15) is 5.10 Å². The highest BCUT2D eigenvalue weighted by molar-refractivity contribution is 4.82. The summed E-state index contributed by atoms with van der Waals surface area (Å²) >= 11 is 0. The third-order valence-corrected chi connectivity index (χ3v) is 3.07. The number of nitrogens with zero attached hydrogens (tertiary/aromatic N) is 3.